The van der Waals surface area contributed by atoms with Crippen LogP contribution in [0.15, 0.2) is 64.6 Å². The third kappa shape index (κ3) is 5.98. The number of hydrogen-bond donors (Lipinski definition) is 1. The second-order valence-electron chi connectivity index (χ2n) is 6.22. The Morgan fingerprint density at radius 3 is 2.78 bits per heavy atom. The molecular formula is C21H24N2O3S. The zero-order valence-electron chi connectivity index (χ0n) is 15.4. The van der Waals surface area contributed by atoms with Crippen molar-refractivity contribution in [1.29, 1.82) is 0 Å². The van der Waals surface area contributed by atoms with Crippen LogP contribution < -0.4 is 10.1 Å². The molecular weight excluding hydrogens is 360 g/mol. The largest absolute Gasteiger partial charge is 0.496 e. The highest BCUT2D eigenvalue weighted by Crippen LogP contribution is 2.17. The molecule has 27 heavy (non-hydrogen) atoms. The van der Waals surface area contributed by atoms with Gasteiger partial charge in [-0.25, -0.2) is 0 Å². The van der Waals surface area contributed by atoms with Crippen LogP contribution >= 0.6 is 11.3 Å². The third-order valence-electron chi connectivity index (χ3n) is 4.20. The Morgan fingerprint density at radius 1 is 1.15 bits per heavy atom. The predicted octanol–water partition coefficient (Wildman–Crippen LogP) is 3.71. The number of nitrogens with zero attached hydrogens (tertiary/aromatic N) is 1. The van der Waals surface area contributed by atoms with Crippen molar-refractivity contribution in [2.24, 2.45) is 0 Å². The molecule has 0 saturated heterocycles. The summed E-state index contributed by atoms with van der Waals surface area (Å²) < 4.78 is 10.8. The highest BCUT2D eigenvalue weighted by molar-refractivity contribution is 7.09. The summed E-state index contributed by atoms with van der Waals surface area (Å²) in [6.07, 6.45) is 2.39. The van der Waals surface area contributed by atoms with E-state index in [0.717, 1.165) is 30.0 Å². The number of carbonyl (C=O) groups is 1. The molecule has 0 bridgehead atoms. The first-order valence-corrected chi connectivity index (χ1v) is 9.78. The van der Waals surface area contributed by atoms with Crippen LogP contribution in [0.5, 0.6) is 5.75 Å². The van der Waals surface area contributed by atoms with Gasteiger partial charge in [-0.3, -0.25) is 9.69 Å². The average molecular weight is 385 g/mol. The summed E-state index contributed by atoms with van der Waals surface area (Å²) in [4.78, 5) is 15.8. The normalized spacial score (nSPS) is 10.9. The quantitative estimate of drug-likeness (QED) is 0.579. The van der Waals surface area contributed by atoms with Crippen molar-refractivity contribution in [3.8, 4) is 5.75 Å². The Hall–Kier alpha value is -2.57. The zero-order chi connectivity index (χ0) is 18.9. The highest BCUT2D eigenvalue weighted by atomic mass is 32.1. The fourth-order valence-electron chi connectivity index (χ4n) is 2.92. The Morgan fingerprint density at radius 2 is 2.04 bits per heavy atom. The van der Waals surface area contributed by atoms with Crippen molar-refractivity contribution >= 4 is 17.2 Å². The summed E-state index contributed by atoms with van der Waals surface area (Å²) >= 11 is 1.69. The summed E-state index contributed by atoms with van der Waals surface area (Å²) in [6.45, 7) is 2.22. The van der Waals surface area contributed by atoms with E-state index in [1.807, 2.05) is 47.8 Å². The van der Waals surface area contributed by atoms with Gasteiger partial charge in [-0.15, -0.1) is 11.3 Å². The van der Waals surface area contributed by atoms with Crippen molar-refractivity contribution in [2.75, 3.05) is 20.2 Å². The van der Waals surface area contributed by atoms with E-state index in [-0.39, 0.29) is 5.91 Å². The van der Waals surface area contributed by atoms with E-state index < -0.39 is 0 Å². The molecule has 0 atom stereocenters. The topological polar surface area (TPSA) is 54.7 Å². The van der Waals surface area contributed by atoms with Crippen LogP contribution in [0.25, 0.3) is 0 Å². The lowest BCUT2D eigenvalue weighted by atomic mass is 10.1. The fourth-order valence-corrected chi connectivity index (χ4v) is 3.66. The lowest BCUT2D eigenvalue weighted by molar-refractivity contribution is -0.122. The first-order chi connectivity index (χ1) is 13.2. The van der Waals surface area contributed by atoms with E-state index >= 15 is 0 Å². The van der Waals surface area contributed by atoms with Crippen molar-refractivity contribution in [1.82, 2.24) is 10.2 Å². The summed E-state index contributed by atoms with van der Waals surface area (Å²) in [5.41, 5.74) is 1.09. The molecule has 0 aliphatic rings. The maximum Gasteiger partial charge on any atom is 0.234 e. The average Bonchev–Trinajstić information content (AvgIpc) is 3.36. The molecule has 0 unspecified atom stereocenters. The van der Waals surface area contributed by atoms with Gasteiger partial charge in [0.05, 0.1) is 26.5 Å². The third-order valence-corrected chi connectivity index (χ3v) is 5.06. The van der Waals surface area contributed by atoms with Crippen LogP contribution in [0, 0.1) is 0 Å². The smallest absolute Gasteiger partial charge is 0.234 e. The number of hydrogen-bond acceptors (Lipinski definition) is 5. The van der Waals surface area contributed by atoms with E-state index in [1.165, 1.54) is 4.88 Å². The van der Waals surface area contributed by atoms with Crippen molar-refractivity contribution in [3.05, 3.63) is 76.4 Å². The molecule has 0 spiro atoms. The number of carbonyl (C=O) groups excluding carboxylic acids is 1. The van der Waals surface area contributed by atoms with Crippen LogP contribution in [-0.2, 0) is 24.3 Å². The van der Waals surface area contributed by atoms with E-state index in [0.29, 0.717) is 19.6 Å². The highest BCUT2D eigenvalue weighted by Gasteiger charge is 2.14. The van der Waals surface area contributed by atoms with E-state index in [9.17, 15) is 4.79 Å². The summed E-state index contributed by atoms with van der Waals surface area (Å²) in [6, 6.07) is 15.8. The van der Waals surface area contributed by atoms with Gasteiger partial charge in [-0.05, 0) is 41.6 Å². The number of para-hydroxylation sites is 1. The molecule has 2 aromatic heterocycles. The molecule has 1 aromatic carbocycles. The first kappa shape index (κ1) is 19.2. The van der Waals surface area contributed by atoms with Crippen LogP contribution in [-0.4, -0.2) is 31.0 Å². The minimum Gasteiger partial charge on any atom is -0.496 e. The van der Waals surface area contributed by atoms with Gasteiger partial charge in [0.2, 0.25) is 5.91 Å². The standard InChI is InChI=1S/C21H24N2O3S/c1-25-20-9-3-2-6-17(20)10-11-22-21(24)16-23(14-18-7-4-12-26-18)15-19-8-5-13-27-19/h2-9,12-13H,10-11,14-16H2,1H3,(H,22,24). The monoisotopic (exact) mass is 384 g/mol. The van der Waals surface area contributed by atoms with Gasteiger partial charge < -0.3 is 14.5 Å². The number of rotatable bonds is 10. The molecule has 0 aliphatic heterocycles. The molecule has 3 rings (SSSR count). The van der Waals surface area contributed by atoms with Crippen LogP contribution in [0.4, 0.5) is 0 Å². The molecule has 2 heterocycles. The molecule has 6 heteroatoms. The Bertz CT molecular complexity index is 780. The molecule has 0 radical (unpaired) electrons. The second-order valence-corrected chi connectivity index (χ2v) is 7.25. The van der Waals surface area contributed by atoms with Gasteiger partial charge >= 0.3 is 0 Å². The molecule has 0 saturated carbocycles. The number of ether oxygens (including phenoxy) is 1. The maximum absolute atomic E-state index is 12.4. The van der Waals surface area contributed by atoms with Gasteiger partial charge in [-0.2, -0.15) is 0 Å². The number of amides is 1. The SMILES string of the molecule is COc1ccccc1CCNC(=O)CN(Cc1ccco1)Cc1cccs1. The molecule has 142 valence electrons. The second kappa shape index (κ2) is 9.94. The lowest BCUT2D eigenvalue weighted by Gasteiger charge is -2.20. The minimum atomic E-state index is 0.00742. The van der Waals surface area contributed by atoms with Crippen LogP contribution in [0.1, 0.15) is 16.2 Å². The number of nitrogens with one attached hydrogen (secondary N) is 1. The van der Waals surface area contributed by atoms with E-state index in [2.05, 4.69) is 16.3 Å². The van der Waals surface area contributed by atoms with Gasteiger partial charge in [-0.1, -0.05) is 24.3 Å². The Labute approximate surface area is 163 Å². The molecule has 1 N–H and O–H groups in total. The Balaban J connectivity index is 1.52. The number of furan rings is 1. The molecule has 0 fully saturated rings. The minimum absolute atomic E-state index is 0.00742. The Kier molecular flexibility index (Phi) is 7.07. The summed E-state index contributed by atoms with van der Waals surface area (Å²) in [5, 5.41) is 5.06. The summed E-state index contributed by atoms with van der Waals surface area (Å²) in [5.74, 6) is 1.71. The molecule has 1 amide bonds. The zero-order valence-corrected chi connectivity index (χ0v) is 16.2. The van der Waals surface area contributed by atoms with E-state index in [4.69, 9.17) is 9.15 Å². The van der Waals surface area contributed by atoms with Gasteiger partial charge in [0.25, 0.3) is 0 Å². The number of benzene rings is 1. The van der Waals surface area contributed by atoms with Gasteiger partial charge in [0.15, 0.2) is 0 Å². The van der Waals surface area contributed by atoms with Crippen molar-refractivity contribution < 1.29 is 13.9 Å². The maximum atomic E-state index is 12.4. The lowest BCUT2D eigenvalue weighted by Crippen LogP contribution is -2.37. The predicted molar refractivity (Wildman–Crippen MR) is 107 cm³/mol. The first-order valence-electron chi connectivity index (χ1n) is 8.90. The van der Waals surface area contributed by atoms with Gasteiger partial charge in [0.1, 0.15) is 11.5 Å². The van der Waals surface area contributed by atoms with Crippen LogP contribution in [0.3, 0.4) is 0 Å². The van der Waals surface area contributed by atoms with Crippen LogP contribution in [0.2, 0.25) is 0 Å². The van der Waals surface area contributed by atoms with Crippen molar-refractivity contribution in [2.45, 2.75) is 19.5 Å². The fraction of sp³-hybridized carbons (Fsp3) is 0.286. The number of thiophene rings is 1. The molecule has 3 aromatic rings. The number of methoxy groups -OCH3 is 1. The molecule has 0 aliphatic carbocycles. The van der Waals surface area contributed by atoms with E-state index in [1.54, 1.807) is 24.7 Å². The summed E-state index contributed by atoms with van der Waals surface area (Å²) in [7, 11) is 1.66. The molecule has 5 nitrogen and oxygen atoms in total. The van der Waals surface area contributed by atoms with Gasteiger partial charge in [0, 0.05) is 18.0 Å². The van der Waals surface area contributed by atoms with Crippen molar-refractivity contribution in [3.63, 3.8) is 0 Å².